The van der Waals surface area contributed by atoms with Gasteiger partial charge >= 0.3 is 6.18 Å². The van der Waals surface area contributed by atoms with Gasteiger partial charge in [-0.2, -0.15) is 30.0 Å². The van der Waals surface area contributed by atoms with Crippen molar-refractivity contribution < 1.29 is 27.9 Å². The molecule has 0 saturated carbocycles. The summed E-state index contributed by atoms with van der Waals surface area (Å²) in [7, 11) is 0. The van der Waals surface area contributed by atoms with Gasteiger partial charge in [-0.25, -0.2) is 4.68 Å². The smallest absolute Gasteiger partial charge is 0.396 e. The zero-order valence-electron chi connectivity index (χ0n) is 23.6. The van der Waals surface area contributed by atoms with Crippen molar-refractivity contribution in [3.05, 3.63) is 106 Å². The van der Waals surface area contributed by atoms with Crippen LogP contribution in [0, 0.1) is 0 Å². The number of aromatic nitrogens is 2. The molecule has 4 aromatic rings. The van der Waals surface area contributed by atoms with Crippen LogP contribution < -0.4 is 10.2 Å². The predicted octanol–water partition coefficient (Wildman–Crippen LogP) is 7.24. The third-order valence-electron chi connectivity index (χ3n) is 7.28. The van der Waals surface area contributed by atoms with E-state index in [4.69, 9.17) is 16.7 Å². The monoisotopic (exact) mass is 642 g/mol. The molecule has 12 heteroatoms. The number of hydrogen-bond acceptors (Lipinski definition) is 6. The van der Waals surface area contributed by atoms with Crippen molar-refractivity contribution in [2.24, 2.45) is 0 Å². The SMILES string of the molecule is O=C(Nc1ccc(N2CCCCC2)cc1C(=O)c1cnn(-c2ccc(Cl)c(C(F)(F)F)c2)c1)c1cccc(CSCCO)c1. The number of benzene rings is 3. The Morgan fingerprint density at radius 1 is 0.977 bits per heavy atom. The second-order valence-corrected chi connectivity index (χ2v) is 11.9. The summed E-state index contributed by atoms with van der Waals surface area (Å²) in [6, 6.07) is 15.9. The van der Waals surface area contributed by atoms with Crippen molar-refractivity contribution in [2.45, 2.75) is 31.2 Å². The number of piperidine rings is 1. The number of rotatable bonds is 10. The van der Waals surface area contributed by atoms with Gasteiger partial charge in [0.15, 0.2) is 5.78 Å². The molecular formula is C32H30ClF3N4O3S. The minimum absolute atomic E-state index is 0.0717. The number of aliphatic hydroxyl groups is 1. The van der Waals surface area contributed by atoms with Crippen molar-refractivity contribution in [1.29, 1.82) is 0 Å². The van der Waals surface area contributed by atoms with Crippen LogP contribution in [0.3, 0.4) is 0 Å². The highest BCUT2D eigenvalue weighted by Crippen LogP contribution is 2.36. The van der Waals surface area contributed by atoms with Crippen LogP contribution in [-0.4, -0.2) is 52.0 Å². The predicted molar refractivity (Wildman–Crippen MR) is 167 cm³/mol. The number of carbonyl (C=O) groups is 2. The number of hydrogen-bond donors (Lipinski definition) is 2. The van der Waals surface area contributed by atoms with Gasteiger partial charge < -0.3 is 15.3 Å². The summed E-state index contributed by atoms with van der Waals surface area (Å²) in [5.41, 5.74) is 1.96. The van der Waals surface area contributed by atoms with Crippen LogP contribution in [0.15, 0.2) is 73.1 Å². The van der Waals surface area contributed by atoms with Crippen LogP contribution in [0.1, 0.15) is 56.7 Å². The zero-order valence-corrected chi connectivity index (χ0v) is 25.2. The van der Waals surface area contributed by atoms with Gasteiger partial charge in [0.25, 0.3) is 5.91 Å². The molecule has 1 fully saturated rings. The summed E-state index contributed by atoms with van der Waals surface area (Å²) in [5.74, 6) is 0.390. The first-order chi connectivity index (χ1) is 21.1. The highest BCUT2D eigenvalue weighted by Gasteiger charge is 2.33. The molecule has 0 unspecified atom stereocenters. The Kier molecular flexibility index (Phi) is 9.97. The first-order valence-corrected chi connectivity index (χ1v) is 15.6. The van der Waals surface area contributed by atoms with Crippen molar-refractivity contribution in [3.8, 4) is 5.69 Å². The molecule has 7 nitrogen and oxygen atoms in total. The maximum absolute atomic E-state index is 13.9. The minimum Gasteiger partial charge on any atom is -0.396 e. The van der Waals surface area contributed by atoms with E-state index in [1.54, 1.807) is 42.1 Å². The van der Waals surface area contributed by atoms with Crippen LogP contribution >= 0.6 is 23.4 Å². The number of thioether (sulfide) groups is 1. The third-order valence-corrected chi connectivity index (χ3v) is 8.61. The molecule has 1 aliphatic rings. The number of alkyl halides is 3. The molecule has 1 aromatic heterocycles. The molecule has 1 amide bonds. The quantitative estimate of drug-likeness (QED) is 0.140. The molecule has 1 aliphatic heterocycles. The van der Waals surface area contributed by atoms with Gasteiger partial charge in [0.2, 0.25) is 0 Å². The fourth-order valence-electron chi connectivity index (χ4n) is 5.04. The lowest BCUT2D eigenvalue weighted by Gasteiger charge is -2.29. The fourth-order valence-corrected chi connectivity index (χ4v) is 5.95. The Hall–Kier alpha value is -3.80. The number of halogens is 4. The first-order valence-electron chi connectivity index (χ1n) is 14.1. The van der Waals surface area contributed by atoms with Gasteiger partial charge in [-0.15, -0.1) is 0 Å². The lowest BCUT2D eigenvalue weighted by molar-refractivity contribution is -0.137. The normalized spacial score (nSPS) is 13.6. The van der Waals surface area contributed by atoms with E-state index in [1.165, 1.54) is 23.1 Å². The fraction of sp³-hybridized carbons (Fsp3) is 0.281. The van der Waals surface area contributed by atoms with E-state index in [0.717, 1.165) is 55.7 Å². The maximum atomic E-state index is 13.9. The van der Waals surface area contributed by atoms with E-state index in [9.17, 15) is 22.8 Å². The lowest BCUT2D eigenvalue weighted by atomic mass is 10.0. The van der Waals surface area contributed by atoms with Crippen molar-refractivity contribution in [2.75, 3.05) is 35.7 Å². The summed E-state index contributed by atoms with van der Waals surface area (Å²) in [5, 5.41) is 15.6. The molecule has 44 heavy (non-hydrogen) atoms. The van der Waals surface area contributed by atoms with E-state index in [1.807, 2.05) is 12.1 Å². The van der Waals surface area contributed by atoms with Crippen LogP contribution in [-0.2, 0) is 11.9 Å². The second kappa shape index (κ2) is 13.9. The number of nitrogens with zero attached hydrogens (tertiary/aromatic N) is 3. The van der Waals surface area contributed by atoms with E-state index in [-0.39, 0.29) is 23.4 Å². The number of amides is 1. The van der Waals surface area contributed by atoms with Crippen molar-refractivity contribution in [3.63, 3.8) is 0 Å². The molecule has 0 bridgehead atoms. The van der Waals surface area contributed by atoms with Gasteiger partial charge in [-0.05, 0) is 73.4 Å². The molecule has 230 valence electrons. The van der Waals surface area contributed by atoms with Gasteiger partial charge in [-0.3, -0.25) is 9.59 Å². The molecule has 2 N–H and O–H groups in total. The number of carbonyl (C=O) groups excluding carboxylic acids is 2. The average Bonchev–Trinajstić information content (AvgIpc) is 3.52. The van der Waals surface area contributed by atoms with Crippen molar-refractivity contribution in [1.82, 2.24) is 9.78 Å². The minimum atomic E-state index is -4.65. The van der Waals surface area contributed by atoms with Crippen LogP contribution in [0.4, 0.5) is 24.5 Å². The maximum Gasteiger partial charge on any atom is 0.417 e. The van der Waals surface area contributed by atoms with E-state index >= 15 is 0 Å². The van der Waals surface area contributed by atoms with Crippen molar-refractivity contribution >= 4 is 46.4 Å². The molecule has 0 radical (unpaired) electrons. The highest BCUT2D eigenvalue weighted by molar-refractivity contribution is 7.98. The Morgan fingerprint density at radius 3 is 2.50 bits per heavy atom. The Bertz CT molecular complexity index is 1650. The molecule has 0 spiro atoms. The molecule has 0 atom stereocenters. The number of anilines is 2. The van der Waals surface area contributed by atoms with Gasteiger partial charge in [0, 0.05) is 47.6 Å². The standard InChI is InChI=1S/C32H30ClF3N4O3S/c33-28-9-7-25(17-27(28)32(34,35)36)40-19-23(18-37-40)30(42)26-16-24(39-11-2-1-3-12-39)8-10-29(26)38-31(43)22-6-4-5-21(15-22)20-44-14-13-41/h4-10,15-19,41H,1-3,11-14,20H2,(H,38,43). The van der Waals surface area contributed by atoms with E-state index in [0.29, 0.717) is 22.8 Å². The lowest BCUT2D eigenvalue weighted by Crippen LogP contribution is -2.29. The van der Waals surface area contributed by atoms with Gasteiger partial charge in [-0.1, -0.05) is 23.7 Å². The first kappa shape index (κ1) is 31.6. The van der Waals surface area contributed by atoms with Gasteiger partial charge in [0.05, 0.1) is 40.3 Å². The summed E-state index contributed by atoms with van der Waals surface area (Å²) >= 11 is 7.32. The molecule has 5 rings (SSSR count). The molecule has 0 aliphatic carbocycles. The van der Waals surface area contributed by atoms with Crippen LogP contribution in [0.25, 0.3) is 5.69 Å². The third kappa shape index (κ3) is 7.46. The number of ketones is 1. The number of aliphatic hydroxyl groups excluding tert-OH is 1. The Morgan fingerprint density at radius 2 is 1.75 bits per heavy atom. The summed E-state index contributed by atoms with van der Waals surface area (Å²) < 4.78 is 41.5. The summed E-state index contributed by atoms with van der Waals surface area (Å²) in [6.45, 7) is 1.76. The second-order valence-electron chi connectivity index (χ2n) is 10.4. The molecule has 2 heterocycles. The highest BCUT2D eigenvalue weighted by atomic mass is 35.5. The Balaban J connectivity index is 1.45. The Labute approximate surface area is 262 Å². The van der Waals surface area contributed by atoms with Crippen LogP contribution in [0.2, 0.25) is 5.02 Å². The van der Waals surface area contributed by atoms with Gasteiger partial charge in [0.1, 0.15) is 0 Å². The number of nitrogens with one attached hydrogen (secondary N) is 1. The summed E-state index contributed by atoms with van der Waals surface area (Å²) in [4.78, 5) is 29.4. The molecule has 3 aromatic carbocycles. The zero-order chi connectivity index (χ0) is 31.3. The topological polar surface area (TPSA) is 87.5 Å². The van der Waals surface area contributed by atoms with E-state index in [2.05, 4.69) is 15.3 Å². The average molecular weight is 643 g/mol. The largest absolute Gasteiger partial charge is 0.417 e. The molecular weight excluding hydrogens is 613 g/mol. The summed E-state index contributed by atoms with van der Waals surface area (Å²) in [6.07, 6.45) is 1.19. The van der Waals surface area contributed by atoms with Crippen LogP contribution in [0.5, 0.6) is 0 Å². The van der Waals surface area contributed by atoms with E-state index < -0.39 is 28.5 Å². The molecule has 1 saturated heterocycles.